The van der Waals surface area contributed by atoms with Crippen molar-refractivity contribution in [2.75, 3.05) is 12.2 Å². The Balaban J connectivity index is 2.23. The molecule has 8 heteroatoms. The van der Waals surface area contributed by atoms with Crippen molar-refractivity contribution in [2.24, 2.45) is 5.73 Å². The number of thioether (sulfide) groups is 1. The standard InChI is InChI=1S/C15H21N3O2S3/c1-15(2,3)17-6-9(19)7-21-14-18-10(8-22-14)11-4-5-12(23-11)13(16)20/h4-5,8-9,17,19H,6-7H2,1-3H3,(H2,16,20)/i6D2,7D2,9D. The summed E-state index contributed by atoms with van der Waals surface area (Å²) in [7, 11) is 0. The van der Waals surface area contributed by atoms with Crippen molar-refractivity contribution in [2.45, 2.75) is 36.7 Å². The van der Waals surface area contributed by atoms with Gasteiger partial charge in [-0.05, 0) is 32.9 Å². The third kappa shape index (κ3) is 5.89. The monoisotopic (exact) mass is 376 g/mol. The van der Waals surface area contributed by atoms with Crippen LogP contribution in [0.1, 0.15) is 37.3 Å². The number of thiophene rings is 1. The highest BCUT2D eigenvalue weighted by atomic mass is 32.2. The van der Waals surface area contributed by atoms with Gasteiger partial charge in [-0.1, -0.05) is 11.8 Å². The van der Waals surface area contributed by atoms with Crippen LogP contribution in [0.4, 0.5) is 0 Å². The molecule has 126 valence electrons. The van der Waals surface area contributed by atoms with Gasteiger partial charge in [0.25, 0.3) is 5.91 Å². The molecule has 1 atom stereocenters. The quantitative estimate of drug-likeness (QED) is 0.647. The van der Waals surface area contributed by atoms with E-state index >= 15 is 0 Å². The predicted molar refractivity (Wildman–Crippen MR) is 98.4 cm³/mol. The molecule has 2 aromatic rings. The molecule has 23 heavy (non-hydrogen) atoms. The van der Waals surface area contributed by atoms with Crippen molar-refractivity contribution in [1.29, 1.82) is 0 Å². The molecule has 1 amide bonds. The Morgan fingerprint density at radius 3 is 2.96 bits per heavy atom. The van der Waals surface area contributed by atoms with Crippen LogP contribution < -0.4 is 11.1 Å². The lowest BCUT2D eigenvalue weighted by Crippen LogP contribution is -2.41. The first-order valence-corrected chi connectivity index (χ1v) is 9.13. The molecule has 0 bridgehead atoms. The number of aliphatic hydroxyl groups is 1. The molecule has 2 aromatic heterocycles. The molecule has 5 nitrogen and oxygen atoms in total. The lowest BCUT2D eigenvalue weighted by molar-refractivity contribution is 0.100. The van der Waals surface area contributed by atoms with Crippen LogP contribution in [0, 0.1) is 0 Å². The van der Waals surface area contributed by atoms with Crippen molar-refractivity contribution < 1.29 is 16.8 Å². The van der Waals surface area contributed by atoms with E-state index in [9.17, 15) is 9.90 Å². The molecule has 2 heterocycles. The van der Waals surface area contributed by atoms with Gasteiger partial charge in [0.05, 0.1) is 22.9 Å². The summed E-state index contributed by atoms with van der Waals surface area (Å²) in [5.74, 6) is -0.551. The summed E-state index contributed by atoms with van der Waals surface area (Å²) < 4.78 is 40.5. The molecular formula is C15H21N3O2S3. The molecular weight excluding hydrogens is 350 g/mol. The summed E-state index contributed by atoms with van der Waals surface area (Å²) in [5.41, 5.74) is 2.24. The van der Waals surface area contributed by atoms with E-state index in [0.29, 0.717) is 27.2 Å². The number of thiazole rings is 1. The summed E-state index contributed by atoms with van der Waals surface area (Å²) in [5, 5.41) is 14.6. The minimum Gasteiger partial charge on any atom is -0.391 e. The fraction of sp³-hybridized carbons (Fsp3) is 0.467. The topological polar surface area (TPSA) is 88.2 Å². The second-order valence-corrected chi connectivity index (χ2v) is 8.57. The largest absolute Gasteiger partial charge is 0.391 e. The number of hydrogen-bond donors (Lipinski definition) is 3. The predicted octanol–water partition coefficient (Wildman–Crippen LogP) is 2.81. The maximum absolute atomic E-state index is 11.2. The first kappa shape index (κ1) is 12.4. The van der Waals surface area contributed by atoms with E-state index in [1.54, 1.807) is 38.3 Å². The van der Waals surface area contributed by atoms with Crippen LogP contribution in [0.15, 0.2) is 21.9 Å². The van der Waals surface area contributed by atoms with E-state index in [1.807, 2.05) is 0 Å². The second kappa shape index (κ2) is 7.76. The maximum atomic E-state index is 11.2. The van der Waals surface area contributed by atoms with E-state index < -0.39 is 29.7 Å². The van der Waals surface area contributed by atoms with E-state index in [1.165, 1.54) is 0 Å². The zero-order chi connectivity index (χ0) is 21.5. The van der Waals surface area contributed by atoms with Crippen molar-refractivity contribution in [3.05, 3.63) is 22.4 Å². The van der Waals surface area contributed by atoms with Gasteiger partial charge in [0.15, 0.2) is 4.34 Å². The van der Waals surface area contributed by atoms with Gasteiger partial charge in [-0.25, -0.2) is 4.98 Å². The third-order valence-electron chi connectivity index (χ3n) is 2.38. The number of amides is 1. The first-order chi connectivity index (χ1) is 12.6. The second-order valence-electron chi connectivity index (χ2n) is 5.58. The Morgan fingerprint density at radius 2 is 2.35 bits per heavy atom. The number of aromatic nitrogens is 1. The molecule has 0 aliphatic carbocycles. The Labute approximate surface area is 155 Å². The number of carbonyl (C=O) groups excluding carboxylic acids is 1. The molecule has 0 aromatic carbocycles. The van der Waals surface area contributed by atoms with Gasteiger partial charge in [-0.15, -0.1) is 22.7 Å². The van der Waals surface area contributed by atoms with Crippen LogP contribution in [-0.2, 0) is 0 Å². The van der Waals surface area contributed by atoms with Crippen LogP contribution in [0.3, 0.4) is 0 Å². The molecule has 0 fully saturated rings. The molecule has 0 spiro atoms. The highest BCUT2D eigenvalue weighted by Gasteiger charge is 2.14. The fourth-order valence-corrected chi connectivity index (χ4v) is 3.67. The summed E-state index contributed by atoms with van der Waals surface area (Å²) in [6.07, 6.45) is -3.11. The molecule has 0 aliphatic rings. The van der Waals surface area contributed by atoms with Crippen LogP contribution >= 0.6 is 34.4 Å². The first-order valence-electron chi connectivity index (χ1n) is 9.12. The van der Waals surface area contributed by atoms with Crippen molar-refractivity contribution in [1.82, 2.24) is 10.3 Å². The highest BCUT2D eigenvalue weighted by Crippen LogP contribution is 2.32. The highest BCUT2D eigenvalue weighted by molar-refractivity contribution is 8.01. The van der Waals surface area contributed by atoms with Gasteiger partial charge in [0, 0.05) is 28.6 Å². The van der Waals surface area contributed by atoms with Crippen LogP contribution in [-0.4, -0.2) is 39.8 Å². The lowest BCUT2D eigenvalue weighted by Gasteiger charge is -2.22. The smallest absolute Gasteiger partial charge is 0.258 e. The zero-order valence-corrected chi connectivity index (χ0v) is 15.3. The van der Waals surface area contributed by atoms with Crippen LogP contribution in [0.25, 0.3) is 10.6 Å². The number of hydrogen-bond acceptors (Lipinski definition) is 7. The summed E-state index contributed by atoms with van der Waals surface area (Å²) in [4.78, 5) is 16.5. The van der Waals surface area contributed by atoms with Crippen LogP contribution in [0.2, 0.25) is 0 Å². The van der Waals surface area contributed by atoms with E-state index in [4.69, 9.17) is 12.6 Å². The average molecular weight is 377 g/mol. The van der Waals surface area contributed by atoms with E-state index in [2.05, 4.69) is 10.3 Å². The number of carbonyl (C=O) groups is 1. The summed E-state index contributed by atoms with van der Waals surface area (Å²) in [6.45, 7) is 2.22. The molecule has 0 radical (unpaired) electrons. The molecule has 4 N–H and O–H groups in total. The fourth-order valence-electron chi connectivity index (χ4n) is 1.39. The van der Waals surface area contributed by atoms with Gasteiger partial charge in [-0.2, -0.15) is 0 Å². The Hall–Kier alpha value is -0.930. The number of β-amino-alcohol motifs (C(OH)–C–C–N with tert-alkyl or cyclic N) is 1. The van der Waals surface area contributed by atoms with Crippen molar-refractivity contribution in [3.63, 3.8) is 0 Å². The van der Waals surface area contributed by atoms with Gasteiger partial charge in [0.1, 0.15) is 0 Å². The minimum atomic E-state index is -3.11. The number of nitrogens with zero attached hydrogens (tertiary/aromatic N) is 1. The SMILES string of the molecule is [2H]C([2H])(NC(C)(C)C)C([2H])(O)C([2H])([2H])Sc1nc(-c2ccc(C(N)=O)s2)cs1. The van der Waals surface area contributed by atoms with Gasteiger partial charge in [0.2, 0.25) is 0 Å². The average Bonchev–Trinajstić information content (AvgIpc) is 3.12. The molecule has 1 unspecified atom stereocenters. The summed E-state index contributed by atoms with van der Waals surface area (Å²) >= 11 is 2.72. The van der Waals surface area contributed by atoms with E-state index in [0.717, 1.165) is 22.7 Å². The summed E-state index contributed by atoms with van der Waals surface area (Å²) in [6, 6.07) is 3.25. The zero-order valence-electron chi connectivity index (χ0n) is 17.8. The normalized spacial score (nSPS) is 19.0. The Kier molecular flexibility index (Phi) is 4.20. The number of rotatable bonds is 7. The van der Waals surface area contributed by atoms with Crippen molar-refractivity contribution in [3.8, 4) is 10.6 Å². The molecule has 0 saturated carbocycles. The maximum Gasteiger partial charge on any atom is 0.258 e. The molecule has 0 saturated heterocycles. The van der Waals surface area contributed by atoms with Gasteiger partial charge >= 0.3 is 0 Å². The number of nitrogens with one attached hydrogen (secondary N) is 1. The Morgan fingerprint density at radius 1 is 1.61 bits per heavy atom. The van der Waals surface area contributed by atoms with Crippen molar-refractivity contribution >= 4 is 40.3 Å². The lowest BCUT2D eigenvalue weighted by atomic mass is 10.1. The van der Waals surface area contributed by atoms with Gasteiger partial charge in [-0.3, -0.25) is 4.79 Å². The molecule has 0 aliphatic heterocycles. The molecule has 2 rings (SSSR count). The van der Waals surface area contributed by atoms with Gasteiger partial charge < -0.3 is 16.2 Å². The number of nitrogens with two attached hydrogens (primary N) is 1. The number of primary amides is 1. The van der Waals surface area contributed by atoms with E-state index in [-0.39, 0.29) is 4.34 Å². The Bertz CT molecular complexity index is 861. The third-order valence-corrected chi connectivity index (χ3v) is 5.23. The minimum absolute atomic E-state index is 0.214. The van der Waals surface area contributed by atoms with Crippen LogP contribution in [0.5, 0.6) is 0 Å².